The Morgan fingerprint density at radius 3 is 2.50 bits per heavy atom. The maximum atomic E-state index is 9.74. The van der Waals surface area contributed by atoms with E-state index in [9.17, 15) is 5.11 Å². The second-order valence-electron chi connectivity index (χ2n) is 5.96. The number of aromatic nitrogens is 1. The van der Waals surface area contributed by atoms with Crippen LogP contribution in [0.25, 0.3) is 10.9 Å². The van der Waals surface area contributed by atoms with Crippen molar-refractivity contribution in [2.45, 2.75) is 33.4 Å². The molecule has 0 saturated carbocycles. The molecule has 0 spiro atoms. The summed E-state index contributed by atoms with van der Waals surface area (Å²) in [5.74, 6) is 1.16. The first kappa shape index (κ1) is 14.5. The second-order valence-corrected chi connectivity index (χ2v) is 5.96. The lowest BCUT2D eigenvalue weighted by Gasteiger charge is -2.08. The van der Waals surface area contributed by atoms with E-state index in [0.29, 0.717) is 18.4 Å². The maximum absolute atomic E-state index is 9.74. The molecule has 0 amide bonds. The Bertz CT molecular complexity index is 785. The highest BCUT2D eigenvalue weighted by Gasteiger charge is 2.11. The normalized spacial score (nSPS) is 11.3. The number of hydrogen-bond acceptors (Lipinski definition) is 2. The molecule has 0 aliphatic heterocycles. The van der Waals surface area contributed by atoms with E-state index in [4.69, 9.17) is 4.74 Å². The minimum Gasteiger partial charge on any atom is -0.508 e. The number of nitrogens with zero attached hydrogens (tertiary/aromatic N) is 1. The number of hydrogen-bond donors (Lipinski definition) is 1. The van der Waals surface area contributed by atoms with Crippen molar-refractivity contribution in [2.75, 3.05) is 0 Å². The molecule has 1 heterocycles. The van der Waals surface area contributed by atoms with Gasteiger partial charge in [-0.25, -0.2) is 0 Å². The molecule has 3 nitrogen and oxygen atoms in total. The SMILES string of the molecule is Cc1ccc(OCc2cn(C(C)C)c3cc(O)ccc23)cc1. The summed E-state index contributed by atoms with van der Waals surface area (Å²) in [5, 5.41) is 10.9. The van der Waals surface area contributed by atoms with Crippen molar-refractivity contribution in [3.05, 3.63) is 59.8 Å². The lowest BCUT2D eigenvalue weighted by atomic mass is 10.2. The van der Waals surface area contributed by atoms with Gasteiger partial charge in [0.2, 0.25) is 0 Å². The average Bonchev–Trinajstić information content (AvgIpc) is 2.85. The molecule has 0 aliphatic carbocycles. The standard InChI is InChI=1S/C19H21NO2/c1-13(2)20-11-15(18-9-6-16(21)10-19(18)20)12-22-17-7-4-14(3)5-8-17/h4-11,13,21H,12H2,1-3H3. The van der Waals surface area contributed by atoms with Crippen LogP contribution in [0, 0.1) is 6.92 Å². The van der Waals surface area contributed by atoms with Crippen molar-refractivity contribution in [3.63, 3.8) is 0 Å². The minimum absolute atomic E-state index is 0.290. The van der Waals surface area contributed by atoms with Crippen molar-refractivity contribution in [1.82, 2.24) is 4.57 Å². The molecule has 22 heavy (non-hydrogen) atoms. The summed E-state index contributed by atoms with van der Waals surface area (Å²) in [7, 11) is 0. The van der Waals surface area contributed by atoms with Crippen molar-refractivity contribution >= 4 is 10.9 Å². The number of phenolic OH excluding ortho intramolecular Hbond substituents is 1. The Morgan fingerprint density at radius 1 is 1.09 bits per heavy atom. The van der Waals surface area contributed by atoms with Gasteiger partial charge in [0.1, 0.15) is 18.1 Å². The number of phenols is 1. The zero-order valence-corrected chi connectivity index (χ0v) is 13.2. The quantitative estimate of drug-likeness (QED) is 0.749. The summed E-state index contributed by atoms with van der Waals surface area (Å²) >= 11 is 0. The number of benzene rings is 2. The fourth-order valence-electron chi connectivity index (χ4n) is 2.65. The first-order valence-electron chi connectivity index (χ1n) is 7.56. The van der Waals surface area contributed by atoms with Crippen LogP contribution in [-0.4, -0.2) is 9.67 Å². The number of aromatic hydroxyl groups is 1. The Hall–Kier alpha value is -2.42. The number of rotatable bonds is 4. The highest BCUT2D eigenvalue weighted by atomic mass is 16.5. The molecule has 0 bridgehead atoms. The monoisotopic (exact) mass is 295 g/mol. The van der Waals surface area contributed by atoms with Crippen LogP contribution in [0.5, 0.6) is 11.5 Å². The van der Waals surface area contributed by atoms with Gasteiger partial charge in [-0.05, 0) is 45.0 Å². The molecule has 2 aromatic carbocycles. The van der Waals surface area contributed by atoms with Crippen LogP contribution < -0.4 is 4.74 Å². The van der Waals surface area contributed by atoms with Gasteiger partial charge in [-0.2, -0.15) is 0 Å². The van der Waals surface area contributed by atoms with Gasteiger partial charge in [0.05, 0.1) is 5.52 Å². The molecule has 0 atom stereocenters. The van der Waals surface area contributed by atoms with E-state index in [1.54, 1.807) is 6.07 Å². The van der Waals surface area contributed by atoms with Gasteiger partial charge in [0, 0.05) is 29.3 Å². The van der Waals surface area contributed by atoms with Gasteiger partial charge in [-0.1, -0.05) is 17.7 Å². The predicted molar refractivity (Wildman–Crippen MR) is 89.5 cm³/mol. The van der Waals surface area contributed by atoms with E-state index in [1.165, 1.54) is 5.56 Å². The second kappa shape index (κ2) is 5.76. The topological polar surface area (TPSA) is 34.4 Å². The fraction of sp³-hybridized carbons (Fsp3) is 0.263. The van der Waals surface area contributed by atoms with Crippen LogP contribution in [0.2, 0.25) is 0 Å². The zero-order chi connectivity index (χ0) is 15.7. The van der Waals surface area contributed by atoms with Gasteiger partial charge in [-0.15, -0.1) is 0 Å². The molecule has 0 fully saturated rings. The highest BCUT2D eigenvalue weighted by molar-refractivity contribution is 5.85. The fourth-order valence-corrected chi connectivity index (χ4v) is 2.65. The summed E-state index contributed by atoms with van der Waals surface area (Å²) in [6.45, 7) is 6.85. The van der Waals surface area contributed by atoms with Gasteiger partial charge in [0.25, 0.3) is 0 Å². The highest BCUT2D eigenvalue weighted by Crippen LogP contribution is 2.28. The van der Waals surface area contributed by atoms with Gasteiger partial charge in [0.15, 0.2) is 0 Å². The van der Waals surface area contributed by atoms with E-state index in [1.807, 2.05) is 36.4 Å². The van der Waals surface area contributed by atoms with Gasteiger partial charge in [-0.3, -0.25) is 0 Å². The summed E-state index contributed by atoms with van der Waals surface area (Å²) in [5.41, 5.74) is 3.39. The Balaban J connectivity index is 1.91. The molecule has 1 N–H and O–H groups in total. The van der Waals surface area contributed by atoms with E-state index >= 15 is 0 Å². The molecule has 0 aliphatic rings. The first-order chi connectivity index (χ1) is 10.5. The summed E-state index contributed by atoms with van der Waals surface area (Å²) < 4.78 is 8.07. The van der Waals surface area contributed by atoms with Crippen LogP contribution >= 0.6 is 0 Å². The van der Waals surface area contributed by atoms with E-state index in [0.717, 1.165) is 22.2 Å². The molecule has 0 radical (unpaired) electrons. The summed E-state index contributed by atoms with van der Waals surface area (Å²) in [6, 6.07) is 13.9. The van der Waals surface area contributed by atoms with Crippen LogP contribution in [0.3, 0.4) is 0 Å². The van der Waals surface area contributed by atoms with E-state index in [-0.39, 0.29) is 0 Å². The number of fused-ring (bicyclic) bond motifs is 1. The molecule has 3 aromatic rings. The van der Waals surface area contributed by atoms with Crippen molar-refractivity contribution in [3.8, 4) is 11.5 Å². The van der Waals surface area contributed by atoms with Crippen molar-refractivity contribution in [1.29, 1.82) is 0 Å². The largest absolute Gasteiger partial charge is 0.508 e. The van der Waals surface area contributed by atoms with Crippen molar-refractivity contribution in [2.24, 2.45) is 0 Å². The lowest BCUT2D eigenvalue weighted by Crippen LogP contribution is -1.98. The first-order valence-corrected chi connectivity index (χ1v) is 7.56. The molecule has 0 saturated heterocycles. The predicted octanol–water partition coefficient (Wildman–Crippen LogP) is 4.82. The van der Waals surface area contributed by atoms with E-state index in [2.05, 4.69) is 31.5 Å². The Morgan fingerprint density at radius 2 is 1.82 bits per heavy atom. The molecular weight excluding hydrogens is 274 g/mol. The lowest BCUT2D eigenvalue weighted by molar-refractivity contribution is 0.307. The Labute approximate surface area is 130 Å². The van der Waals surface area contributed by atoms with Crippen LogP contribution in [0.4, 0.5) is 0 Å². The molecule has 3 rings (SSSR count). The number of ether oxygens (including phenoxy) is 1. The third-order valence-electron chi connectivity index (χ3n) is 3.87. The summed E-state index contributed by atoms with van der Waals surface area (Å²) in [4.78, 5) is 0. The third kappa shape index (κ3) is 2.80. The van der Waals surface area contributed by atoms with Crippen LogP contribution in [0.1, 0.15) is 31.0 Å². The van der Waals surface area contributed by atoms with E-state index < -0.39 is 0 Å². The molecule has 1 aromatic heterocycles. The summed E-state index contributed by atoms with van der Waals surface area (Å²) in [6.07, 6.45) is 2.11. The molecule has 114 valence electrons. The molecule has 3 heteroatoms. The average molecular weight is 295 g/mol. The third-order valence-corrected chi connectivity index (χ3v) is 3.87. The zero-order valence-electron chi connectivity index (χ0n) is 13.2. The molecular formula is C19H21NO2. The molecule has 0 unspecified atom stereocenters. The van der Waals surface area contributed by atoms with Gasteiger partial charge < -0.3 is 14.4 Å². The van der Waals surface area contributed by atoms with Crippen LogP contribution in [0.15, 0.2) is 48.7 Å². The maximum Gasteiger partial charge on any atom is 0.119 e. The smallest absolute Gasteiger partial charge is 0.119 e. The van der Waals surface area contributed by atoms with Crippen LogP contribution in [-0.2, 0) is 6.61 Å². The Kier molecular flexibility index (Phi) is 3.80. The number of aryl methyl sites for hydroxylation is 1. The van der Waals surface area contributed by atoms with Crippen molar-refractivity contribution < 1.29 is 9.84 Å². The van der Waals surface area contributed by atoms with Gasteiger partial charge >= 0.3 is 0 Å². The minimum atomic E-state index is 0.290.